The van der Waals surface area contributed by atoms with Gasteiger partial charge in [-0.25, -0.2) is 0 Å². The van der Waals surface area contributed by atoms with Crippen molar-refractivity contribution in [3.63, 3.8) is 0 Å². The molecule has 124 valence electrons. The van der Waals surface area contributed by atoms with Crippen LogP contribution in [0.3, 0.4) is 0 Å². The average Bonchev–Trinajstić information content (AvgIpc) is 2.46. The van der Waals surface area contributed by atoms with Gasteiger partial charge in [-0.1, -0.05) is 25.1 Å². The normalized spacial score (nSPS) is 14.5. The van der Waals surface area contributed by atoms with Gasteiger partial charge in [0.05, 0.1) is 24.2 Å². The number of amides is 1. The number of carbonyl (C=O) groups excluding carboxylic acids is 1. The smallest absolute Gasteiger partial charge is 0.389 e. The summed E-state index contributed by atoms with van der Waals surface area (Å²) in [5.41, 5.74) is -0.480. The predicted octanol–water partition coefficient (Wildman–Crippen LogP) is 2.32. The van der Waals surface area contributed by atoms with Crippen molar-refractivity contribution in [3.05, 3.63) is 35.4 Å². The number of aliphatic hydroxyl groups excluding tert-OH is 1. The highest BCUT2D eigenvalue weighted by molar-refractivity contribution is 5.83. The van der Waals surface area contributed by atoms with Crippen LogP contribution < -0.4 is 5.32 Å². The zero-order valence-corrected chi connectivity index (χ0v) is 12.5. The van der Waals surface area contributed by atoms with Crippen molar-refractivity contribution < 1.29 is 27.8 Å². The first-order valence-corrected chi connectivity index (χ1v) is 6.91. The summed E-state index contributed by atoms with van der Waals surface area (Å²) in [6.07, 6.45) is -4.94. The fourth-order valence-corrected chi connectivity index (χ4v) is 2.10. The second-order valence-corrected chi connectivity index (χ2v) is 4.94. The number of nitrogens with one attached hydrogen (secondary N) is 1. The predicted molar refractivity (Wildman–Crippen MR) is 75.4 cm³/mol. The van der Waals surface area contributed by atoms with E-state index in [1.54, 1.807) is 6.92 Å². The maximum Gasteiger partial charge on any atom is 0.416 e. The number of aliphatic hydroxyl groups is 1. The number of alkyl halides is 3. The van der Waals surface area contributed by atoms with Crippen molar-refractivity contribution >= 4 is 5.91 Å². The van der Waals surface area contributed by atoms with E-state index in [9.17, 15) is 23.1 Å². The third kappa shape index (κ3) is 5.31. The molecule has 1 aromatic carbocycles. The SMILES string of the molecule is CCC(C(=O)NCC(O)COC)c1cccc(C(F)(F)F)c1. The Morgan fingerprint density at radius 2 is 2.09 bits per heavy atom. The lowest BCUT2D eigenvalue weighted by molar-refractivity contribution is -0.137. The third-order valence-corrected chi connectivity index (χ3v) is 3.21. The van der Waals surface area contributed by atoms with Gasteiger partial charge in [0.1, 0.15) is 0 Å². The quantitative estimate of drug-likeness (QED) is 0.811. The minimum Gasteiger partial charge on any atom is -0.389 e. The topological polar surface area (TPSA) is 58.6 Å². The first kappa shape index (κ1) is 18.4. The van der Waals surface area contributed by atoms with E-state index in [1.165, 1.54) is 19.2 Å². The molecule has 0 saturated heterocycles. The summed E-state index contributed by atoms with van der Waals surface area (Å²) in [7, 11) is 1.42. The van der Waals surface area contributed by atoms with Crippen LogP contribution in [-0.2, 0) is 15.7 Å². The van der Waals surface area contributed by atoms with Crippen molar-refractivity contribution in [3.8, 4) is 0 Å². The Balaban J connectivity index is 2.81. The molecule has 0 heterocycles. The van der Waals surface area contributed by atoms with Gasteiger partial charge in [0, 0.05) is 13.7 Å². The lowest BCUT2D eigenvalue weighted by atomic mass is 9.94. The van der Waals surface area contributed by atoms with E-state index in [0.29, 0.717) is 12.0 Å². The molecular weight excluding hydrogens is 299 g/mol. The zero-order valence-electron chi connectivity index (χ0n) is 12.5. The summed E-state index contributed by atoms with van der Waals surface area (Å²) in [4.78, 5) is 12.1. The molecule has 0 bridgehead atoms. The van der Waals surface area contributed by atoms with Gasteiger partial charge < -0.3 is 15.2 Å². The summed E-state index contributed by atoms with van der Waals surface area (Å²) in [6.45, 7) is 1.78. The summed E-state index contributed by atoms with van der Waals surface area (Å²) < 4.78 is 42.9. The van der Waals surface area contributed by atoms with Crippen molar-refractivity contribution in [1.29, 1.82) is 0 Å². The molecule has 1 amide bonds. The average molecular weight is 319 g/mol. The van der Waals surface area contributed by atoms with E-state index in [0.717, 1.165) is 12.1 Å². The lowest BCUT2D eigenvalue weighted by Gasteiger charge is -2.18. The number of hydrogen-bond acceptors (Lipinski definition) is 3. The summed E-state index contributed by atoms with van der Waals surface area (Å²) in [5, 5.41) is 12.0. The first-order valence-electron chi connectivity index (χ1n) is 6.91. The molecule has 0 aliphatic heterocycles. The molecular formula is C15H20F3NO3. The lowest BCUT2D eigenvalue weighted by Crippen LogP contribution is -2.37. The summed E-state index contributed by atoms with van der Waals surface area (Å²) >= 11 is 0. The molecule has 1 aromatic rings. The second kappa shape index (κ2) is 8.14. The Morgan fingerprint density at radius 1 is 1.41 bits per heavy atom. The molecule has 0 aliphatic rings. The van der Waals surface area contributed by atoms with Crippen LogP contribution in [-0.4, -0.2) is 37.4 Å². The maximum atomic E-state index is 12.7. The third-order valence-electron chi connectivity index (χ3n) is 3.21. The van der Waals surface area contributed by atoms with Crippen LogP contribution in [0.2, 0.25) is 0 Å². The molecule has 0 aromatic heterocycles. The molecule has 7 heteroatoms. The summed E-state index contributed by atoms with van der Waals surface area (Å²) in [5.74, 6) is -1.12. The number of benzene rings is 1. The van der Waals surface area contributed by atoms with Crippen LogP contribution >= 0.6 is 0 Å². The van der Waals surface area contributed by atoms with Gasteiger partial charge in [0.2, 0.25) is 5.91 Å². The molecule has 22 heavy (non-hydrogen) atoms. The highest BCUT2D eigenvalue weighted by Crippen LogP contribution is 2.31. The van der Waals surface area contributed by atoms with Crippen molar-refractivity contribution in [2.75, 3.05) is 20.3 Å². The number of methoxy groups -OCH3 is 1. The van der Waals surface area contributed by atoms with E-state index >= 15 is 0 Å². The standard InChI is InChI=1S/C15H20F3NO3/c1-3-13(14(21)19-8-12(20)9-22-2)10-5-4-6-11(7-10)15(16,17)18/h4-7,12-13,20H,3,8-9H2,1-2H3,(H,19,21). The van der Waals surface area contributed by atoms with Gasteiger partial charge in [-0.15, -0.1) is 0 Å². The molecule has 2 unspecified atom stereocenters. The summed E-state index contributed by atoms with van der Waals surface area (Å²) in [6, 6.07) is 4.73. The van der Waals surface area contributed by atoms with Crippen LogP contribution in [0.25, 0.3) is 0 Å². The van der Waals surface area contributed by atoms with Gasteiger partial charge in [-0.05, 0) is 18.1 Å². The van der Waals surface area contributed by atoms with E-state index in [1.807, 2.05) is 0 Å². The number of carbonyl (C=O) groups is 1. The van der Waals surface area contributed by atoms with E-state index < -0.39 is 29.7 Å². The Bertz CT molecular complexity index is 491. The van der Waals surface area contributed by atoms with Gasteiger partial charge >= 0.3 is 6.18 Å². The minimum absolute atomic E-state index is 0.0118. The van der Waals surface area contributed by atoms with Crippen LogP contribution in [0.4, 0.5) is 13.2 Å². The Morgan fingerprint density at radius 3 is 2.64 bits per heavy atom. The van der Waals surface area contributed by atoms with E-state index in [4.69, 9.17) is 4.74 Å². The first-order chi connectivity index (χ1) is 10.3. The Hall–Kier alpha value is -1.60. The van der Waals surface area contributed by atoms with E-state index in [2.05, 4.69) is 5.32 Å². The Labute approximate surface area is 127 Å². The highest BCUT2D eigenvalue weighted by atomic mass is 19.4. The zero-order chi connectivity index (χ0) is 16.8. The minimum atomic E-state index is -4.45. The van der Waals surface area contributed by atoms with Gasteiger partial charge in [-0.2, -0.15) is 13.2 Å². The molecule has 0 spiro atoms. The molecule has 0 radical (unpaired) electrons. The van der Waals surface area contributed by atoms with Crippen LogP contribution in [0.5, 0.6) is 0 Å². The van der Waals surface area contributed by atoms with Crippen molar-refractivity contribution in [2.45, 2.75) is 31.5 Å². The fourth-order valence-electron chi connectivity index (χ4n) is 2.10. The maximum absolute atomic E-state index is 12.7. The number of halogens is 3. The molecule has 1 rings (SSSR count). The molecule has 0 aliphatic carbocycles. The molecule has 0 fully saturated rings. The van der Waals surface area contributed by atoms with Crippen LogP contribution in [0.1, 0.15) is 30.4 Å². The fraction of sp³-hybridized carbons (Fsp3) is 0.533. The second-order valence-electron chi connectivity index (χ2n) is 4.94. The van der Waals surface area contributed by atoms with Crippen molar-refractivity contribution in [1.82, 2.24) is 5.32 Å². The largest absolute Gasteiger partial charge is 0.416 e. The molecule has 2 atom stereocenters. The molecule has 0 saturated carbocycles. The van der Waals surface area contributed by atoms with Gasteiger partial charge in [0.25, 0.3) is 0 Å². The Kier molecular flexibility index (Phi) is 6.83. The van der Waals surface area contributed by atoms with Gasteiger partial charge in [-0.3, -0.25) is 4.79 Å². The van der Waals surface area contributed by atoms with E-state index in [-0.39, 0.29) is 13.2 Å². The number of hydrogen-bond donors (Lipinski definition) is 2. The monoisotopic (exact) mass is 319 g/mol. The van der Waals surface area contributed by atoms with Gasteiger partial charge in [0.15, 0.2) is 0 Å². The number of rotatable bonds is 7. The van der Waals surface area contributed by atoms with Crippen LogP contribution in [0.15, 0.2) is 24.3 Å². The van der Waals surface area contributed by atoms with Crippen molar-refractivity contribution in [2.24, 2.45) is 0 Å². The number of ether oxygens (including phenoxy) is 1. The molecule has 4 nitrogen and oxygen atoms in total. The highest BCUT2D eigenvalue weighted by Gasteiger charge is 2.31. The van der Waals surface area contributed by atoms with Crippen LogP contribution in [0, 0.1) is 0 Å². The molecule has 2 N–H and O–H groups in total.